The van der Waals surface area contributed by atoms with E-state index in [0.29, 0.717) is 11.1 Å². The third-order valence-corrected chi connectivity index (χ3v) is 4.27. The number of hydrogen-bond acceptors (Lipinski definition) is 4. The van der Waals surface area contributed by atoms with Gasteiger partial charge in [-0.2, -0.15) is 15.6 Å². The van der Waals surface area contributed by atoms with E-state index in [1.54, 1.807) is 6.20 Å². The fraction of sp³-hybridized carbons (Fsp3) is 0.278. The number of nitriles is 2. The molecule has 1 aromatic carbocycles. The zero-order valence-electron chi connectivity index (χ0n) is 13.1. The summed E-state index contributed by atoms with van der Waals surface area (Å²) in [5.41, 5.74) is 4.96. The Morgan fingerprint density at radius 1 is 1.09 bits per heavy atom. The molecule has 114 valence electrons. The molecule has 0 radical (unpaired) electrons. The first-order chi connectivity index (χ1) is 11.2. The standard InChI is InChI=1S/C18H17N5/c1-3-15-13(8-19)18(14(9-20)16(4-2)22-15)11-5-6-17-12(7-11)10-21-23-17/h5-7,10,18,22H,3-4H2,1-2H3,(H,21,23). The Balaban J connectivity index is 2.23. The van der Waals surface area contributed by atoms with Crippen LogP contribution < -0.4 is 5.32 Å². The Hall–Kier alpha value is -3.05. The van der Waals surface area contributed by atoms with Gasteiger partial charge in [0.2, 0.25) is 0 Å². The summed E-state index contributed by atoms with van der Waals surface area (Å²) in [6.45, 7) is 4.03. The number of nitrogens with zero attached hydrogens (tertiary/aromatic N) is 3. The van der Waals surface area contributed by atoms with Crippen LogP contribution in [0, 0.1) is 22.7 Å². The molecule has 0 bridgehead atoms. The molecule has 5 heteroatoms. The molecule has 0 fully saturated rings. The average Bonchev–Trinajstić information content (AvgIpc) is 3.07. The van der Waals surface area contributed by atoms with Crippen molar-refractivity contribution in [1.29, 1.82) is 10.5 Å². The molecule has 2 N–H and O–H groups in total. The minimum Gasteiger partial charge on any atom is -0.361 e. The molecule has 1 aromatic heterocycles. The van der Waals surface area contributed by atoms with Gasteiger partial charge in [-0.05, 0) is 30.5 Å². The fourth-order valence-electron chi connectivity index (χ4n) is 3.11. The van der Waals surface area contributed by atoms with Crippen LogP contribution in [0.3, 0.4) is 0 Å². The quantitative estimate of drug-likeness (QED) is 0.906. The van der Waals surface area contributed by atoms with E-state index in [1.807, 2.05) is 32.0 Å². The first-order valence-corrected chi connectivity index (χ1v) is 7.69. The van der Waals surface area contributed by atoms with Crippen LogP contribution in [0.4, 0.5) is 0 Å². The monoisotopic (exact) mass is 303 g/mol. The molecule has 2 aromatic rings. The van der Waals surface area contributed by atoms with Crippen molar-refractivity contribution in [2.24, 2.45) is 0 Å². The molecule has 1 aliphatic rings. The summed E-state index contributed by atoms with van der Waals surface area (Å²) < 4.78 is 0. The number of hydrogen-bond donors (Lipinski definition) is 2. The van der Waals surface area contributed by atoms with Gasteiger partial charge in [0.15, 0.2) is 0 Å². The summed E-state index contributed by atoms with van der Waals surface area (Å²) in [4.78, 5) is 0. The van der Waals surface area contributed by atoms with E-state index in [9.17, 15) is 10.5 Å². The number of nitrogens with one attached hydrogen (secondary N) is 2. The van der Waals surface area contributed by atoms with Crippen LogP contribution in [-0.2, 0) is 0 Å². The summed E-state index contributed by atoms with van der Waals surface area (Å²) >= 11 is 0. The highest BCUT2D eigenvalue weighted by molar-refractivity contribution is 5.79. The minimum absolute atomic E-state index is 0.310. The van der Waals surface area contributed by atoms with Crippen molar-refractivity contribution in [2.75, 3.05) is 0 Å². The predicted molar refractivity (Wildman–Crippen MR) is 87.8 cm³/mol. The third kappa shape index (κ3) is 2.37. The smallest absolute Gasteiger partial charge is 0.0975 e. The molecule has 1 aliphatic heterocycles. The van der Waals surface area contributed by atoms with E-state index < -0.39 is 0 Å². The van der Waals surface area contributed by atoms with Crippen LogP contribution in [0.1, 0.15) is 38.2 Å². The van der Waals surface area contributed by atoms with Gasteiger partial charge < -0.3 is 5.32 Å². The zero-order chi connectivity index (χ0) is 16.4. The summed E-state index contributed by atoms with van der Waals surface area (Å²) in [6.07, 6.45) is 3.22. The maximum Gasteiger partial charge on any atom is 0.0975 e. The molecule has 0 amide bonds. The van der Waals surface area contributed by atoms with Crippen molar-refractivity contribution < 1.29 is 0 Å². The number of allylic oxidation sites excluding steroid dienone is 4. The van der Waals surface area contributed by atoms with Crippen molar-refractivity contribution >= 4 is 10.9 Å². The molecule has 0 saturated carbocycles. The number of dihydropyridines is 1. The predicted octanol–water partition coefficient (Wildman–Crippen LogP) is 3.63. The highest BCUT2D eigenvalue weighted by atomic mass is 15.1. The highest BCUT2D eigenvalue weighted by Crippen LogP contribution is 2.39. The third-order valence-electron chi connectivity index (χ3n) is 4.27. The number of rotatable bonds is 3. The lowest BCUT2D eigenvalue weighted by Crippen LogP contribution is -2.25. The Bertz CT molecular complexity index is 863. The van der Waals surface area contributed by atoms with Gasteiger partial charge in [0.25, 0.3) is 0 Å². The Morgan fingerprint density at radius 3 is 2.30 bits per heavy atom. The number of H-pyrrole nitrogens is 1. The topological polar surface area (TPSA) is 88.3 Å². The SMILES string of the molecule is CCC1=C(C#N)C(c2ccc3[nH]ncc3c2)C(C#N)=C(CC)N1. The molecule has 5 nitrogen and oxygen atoms in total. The molecular formula is C18H17N5. The fourth-order valence-corrected chi connectivity index (χ4v) is 3.11. The van der Waals surface area contributed by atoms with Crippen LogP contribution in [-0.4, -0.2) is 10.2 Å². The molecule has 0 unspecified atom stereocenters. The van der Waals surface area contributed by atoms with E-state index in [4.69, 9.17) is 0 Å². The van der Waals surface area contributed by atoms with Crippen molar-refractivity contribution in [3.05, 3.63) is 52.5 Å². The van der Waals surface area contributed by atoms with Crippen molar-refractivity contribution in [2.45, 2.75) is 32.6 Å². The first-order valence-electron chi connectivity index (χ1n) is 7.69. The van der Waals surface area contributed by atoms with Gasteiger partial charge in [-0.3, -0.25) is 5.10 Å². The van der Waals surface area contributed by atoms with Gasteiger partial charge in [-0.15, -0.1) is 0 Å². The zero-order valence-corrected chi connectivity index (χ0v) is 13.1. The lowest BCUT2D eigenvalue weighted by Gasteiger charge is -2.28. The van der Waals surface area contributed by atoms with Crippen LogP contribution in [0.2, 0.25) is 0 Å². The van der Waals surface area contributed by atoms with E-state index in [0.717, 1.165) is 40.7 Å². The van der Waals surface area contributed by atoms with E-state index in [2.05, 4.69) is 27.7 Å². The maximum absolute atomic E-state index is 9.67. The first kappa shape index (κ1) is 14.9. The van der Waals surface area contributed by atoms with E-state index in [1.165, 1.54) is 0 Å². The molecule has 3 rings (SSSR count). The molecule has 23 heavy (non-hydrogen) atoms. The summed E-state index contributed by atoms with van der Waals surface area (Å²) in [5, 5.41) is 30.6. The summed E-state index contributed by atoms with van der Waals surface area (Å²) in [6, 6.07) is 10.5. The van der Waals surface area contributed by atoms with Crippen LogP contribution in [0.25, 0.3) is 10.9 Å². The lowest BCUT2D eigenvalue weighted by molar-refractivity contribution is 0.748. The Morgan fingerprint density at radius 2 is 1.74 bits per heavy atom. The lowest BCUT2D eigenvalue weighted by atomic mass is 9.80. The number of fused-ring (bicyclic) bond motifs is 1. The van der Waals surface area contributed by atoms with Gasteiger partial charge in [0, 0.05) is 16.8 Å². The largest absolute Gasteiger partial charge is 0.361 e. The van der Waals surface area contributed by atoms with Gasteiger partial charge >= 0.3 is 0 Å². The molecule has 2 heterocycles. The Labute approximate surface area is 134 Å². The van der Waals surface area contributed by atoms with Gasteiger partial charge in [0.1, 0.15) is 0 Å². The van der Waals surface area contributed by atoms with Gasteiger partial charge in [-0.25, -0.2) is 0 Å². The van der Waals surface area contributed by atoms with Gasteiger partial charge in [-0.1, -0.05) is 19.9 Å². The number of aromatic nitrogens is 2. The van der Waals surface area contributed by atoms with E-state index in [-0.39, 0.29) is 5.92 Å². The van der Waals surface area contributed by atoms with Gasteiger partial charge in [0.05, 0.1) is 40.9 Å². The Kier molecular flexibility index (Phi) is 3.87. The summed E-state index contributed by atoms with van der Waals surface area (Å²) in [5.74, 6) is -0.310. The number of aromatic amines is 1. The van der Waals surface area contributed by atoms with Crippen LogP contribution >= 0.6 is 0 Å². The molecule has 0 aliphatic carbocycles. The minimum atomic E-state index is -0.310. The number of benzene rings is 1. The second-order valence-electron chi connectivity index (χ2n) is 5.49. The second kappa shape index (κ2) is 5.98. The summed E-state index contributed by atoms with van der Waals surface area (Å²) in [7, 11) is 0. The van der Waals surface area contributed by atoms with Crippen molar-refractivity contribution in [1.82, 2.24) is 15.5 Å². The average molecular weight is 303 g/mol. The molecule has 0 atom stereocenters. The highest BCUT2D eigenvalue weighted by Gasteiger charge is 2.30. The van der Waals surface area contributed by atoms with Crippen molar-refractivity contribution in [3.63, 3.8) is 0 Å². The van der Waals surface area contributed by atoms with Crippen molar-refractivity contribution in [3.8, 4) is 12.1 Å². The second-order valence-corrected chi connectivity index (χ2v) is 5.49. The van der Waals surface area contributed by atoms with Crippen LogP contribution in [0.5, 0.6) is 0 Å². The molecule has 0 spiro atoms. The van der Waals surface area contributed by atoms with Crippen LogP contribution in [0.15, 0.2) is 46.9 Å². The maximum atomic E-state index is 9.67. The normalized spacial score (nSPS) is 15.5. The molecular weight excluding hydrogens is 286 g/mol. The van der Waals surface area contributed by atoms with E-state index >= 15 is 0 Å². The molecule has 0 saturated heterocycles.